The molecule has 8 nitrogen and oxygen atoms in total. The highest BCUT2D eigenvalue weighted by atomic mass is 16.2. The molecule has 4 rings (SSSR count). The van der Waals surface area contributed by atoms with E-state index in [4.69, 9.17) is 0 Å². The van der Waals surface area contributed by atoms with E-state index in [-0.39, 0.29) is 11.9 Å². The molecule has 2 aliphatic rings. The first-order valence-corrected chi connectivity index (χ1v) is 11.4. The van der Waals surface area contributed by atoms with E-state index in [0.717, 1.165) is 43.9 Å². The molecule has 0 saturated carbocycles. The quantitative estimate of drug-likeness (QED) is 0.677. The van der Waals surface area contributed by atoms with Crippen LogP contribution in [0.5, 0.6) is 0 Å². The maximum Gasteiger partial charge on any atom is 0.313 e. The molecule has 2 N–H and O–H groups in total. The van der Waals surface area contributed by atoms with Gasteiger partial charge in [0.2, 0.25) is 0 Å². The van der Waals surface area contributed by atoms with E-state index < -0.39 is 11.8 Å². The summed E-state index contributed by atoms with van der Waals surface area (Å²) < 4.78 is 0. The van der Waals surface area contributed by atoms with Crippen molar-refractivity contribution in [3.05, 3.63) is 59.7 Å². The van der Waals surface area contributed by atoms with Crippen LogP contribution in [0.2, 0.25) is 0 Å². The molecule has 2 aromatic carbocycles. The zero-order valence-electron chi connectivity index (χ0n) is 19.2. The molecule has 1 saturated heterocycles. The van der Waals surface area contributed by atoms with E-state index in [1.54, 1.807) is 29.2 Å². The normalized spacial score (nSPS) is 17.3. The Morgan fingerprint density at radius 2 is 1.70 bits per heavy atom. The molecule has 8 heteroatoms. The molecule has 33 heavy (non-hydrogen) atoms. The summed E-state index contributed by atoms with van der Waals surface area (Å²) in [4.78, 5) is 44.2. The van der Waals surface area contributed by atoms with Crippen molar-refractivity contribution in [2.45, 2.75) is 19.4 Å². The second kappa shape index (κ2) is 10.1. The zero-order chi connectivity index (χ0) is 23.4. The van der Waals surface area contributed by atoms with E-state index >= 15 is 0 Å². The lowest BCUT2D eigenvalue weighted by atomic mass is 10.1. The van der Waals surface area contributed by atoms with E-state index in [1.807, 2.05) is 31.2 Å². The number of amides is 3. The maximum atomic E-state index is 13.1. The molecule has 0 aliphatic carbocycles. The Labute approximate surface area is 194 Å². The highest BCUT2D eigenvalue weighted by Gasteiger charge is 2.26. The third kappa shape index (κ3) is 5.58. The summed E-state index contributed by atoms with van der Waals surface area (Å²) in [5, 5.41) is 5.39. The largest absolute Gasteiger partial charge is 0.344 e. The second-order valence-corrected chi connectivity index (χ2v) is 8.85. The summed E-state index contributed by atoms with van der Waals surface area (Å²) in [7, 11) is 2.10. The van der Waals surface area contributed by atoms with Crippen molar-refractivity contribution in [2.75, 3.05) is 56.5 Å². The predicted octanol–water partition coefficient (Wildman–Crippen LogP) is 1.58. The first-order chi connectivity index (χ1) is 15.9. The van der Waals surface area contributed by atoms with Crippen LogP contribution in [0, 0.1) is 0 Å². The highest BCUT2D eigenvalue weighted by Crippen LogP contribution is 2.29. The Morgan fingerprint density at radius 3 is 2.48 bits per heavy atom. The van der Waals surface area contributed by atoms with E-state index in [1.165, 1.54) is 0 Å². The minimum atomic E-state index is -0.739. The number of rotatable bonds is 5. The Bertz CT molecular complexity index is 1030. The van der Waals surface area contributed by atoms with Gasteiger partial charge in [0.1, 0.15) is 0 Å². The predicted molar refractivity (Wildman–Crippen MR) is 128 cm³/mol. The van der Waals surface area contributed by atoms with Gasteiger partial charge in [-0.15, -0.1) is 0 Å². The molecule has 0 bridgehead atoms. The zero-order valence-corrected chi connectivity index (χ0v) is 19.2. The summed E-state index contributed by atoms with van der Waals surface area (Å²) in [6, 6.07) is 14.4. The van der Waals surface area contributed by atoms with Gasteiger partial charge < -0.3 is 20.4 Å². The van der Waals surface area contributed by atoms with Gasteiger partial charge in [-0.3, -0.25) is 19.3 Å². The molecule has 0 aromatic heterocycles. The van der Waals surface area contributed by atoms with Crippen molar-refractivity contribution in [1.82, 2.24) is 15.1 Å². The topological polar surface area (TPSA) is 85.0 Å². The minimum Gasteiger partial charge on any atom is -0.344 e. The Hall–Kier alpha value is -3.23. The van der Waals surface area contributed by atoms with Crippen LogP contribution in [0.15, 0.2) is 48.5 Å². The standard InChI is InChI=1S/C25H31N5O3/c1-18(17-29-14-12-28(2)13-15-29)26-23(31)24(32)27-21-8-5-7-20(16-21)25(33)30-11-10-19-6-3-4-9-22(19)30/h3-9,16,18H,10-15,17H2,1-2H3,(H,26,31)(H,27,32). The molecule has 0 spiro atoms. The number of piperazine rings is 1. The first kappa shape index (κ1) is 22.9. The van der Waals surface area contributed by atoms with E-state index in [2.05, 4.69) is 27.5 Å². The van der Waals surface area contributed by atoms with Gasteiger partial charge in [0.25, 0.3) is 5.91 Å². The summed E-state index contributed by atoms with van der Waals surface area (Å²) in [5.74, 6) is -1.54. The number of benzene rings is 2. The third-order valence-corrected chi connectivity index (χ3v) is 6.21. The maximum absolute atomic E-state index is 13.1. The Balaban J connectivity index is 1.32. The highest BCUT2D eigenvalue weighted by molar-refractivity contribution is 6.39. The summed E-state index contributed by atoms with van der Waals surface area (Å²) in [6.45, 7) is 7.13. The van der Waals surface area contributed by atoms with Crippen LogP contribution in [-0.4, -0.2) is 79.9 Å². The molecule has 0 radical (unpaired) electrons. The van der Waals surface area contributed by atoms with Crippen molar-refractivity contribution in [3.63, 3.8) is 0 Å². The number of likely N-dealkylation sites (N-methyl/N-ethyl adjacent to an activating group) is 1. The molecule has 174 valence electrons. The third-order valence-electron chi connectivity index (χ3n) is 6.21. The molecular weight excluding hydrogens is 418 g/mol. The van der Waals surface area contributed by atoms with Crippen LogP contribution in [0.25, 0.3) is 0 Å². The van der Waals surface area contributed by atoms with Crippen LogP contribution in [-0.2, 0) is 16.0 Å². The molecule has 2 aromatic rings. The number of carbonyl (C=O) groups excluding carboxylic acids is 3. The lowest BCUT2D eigenvalue weighted by Gasteiger charge is -2.33. The van der Waals surface area contributed by atoms with Gasteiger partial charge >= 0.3 is 11.8 Å². The average molecular weight is 450 g/mol. The van der Waals surface area contributed by atoms with Crippen molar-refractivity contribution in [2.24, 2.45) is 0 Å². The molecule has 1 unspecified atom stereocenters. The van der Waals surface area contributed by atoms with Crippen molar-refractivity contribution in [1.29, 1.82) is 0 Å². The van der Waals surface area contributed by atoms with Gasteiger partial charge in [0.15, 0.2) is 0 Å². The van der Waals surface area contributed by atoms with Crippen LogP contribution < -0.4 is 15.5 Å². The smallest absolute Gasteiger partial charge is 0.313 e. The number of hydrogen-bond donors (Lipinski definition) is 2. The molecule has 1 atom stereocenters. The second-order valence-electron chi connectivity index (χ2n) is 8.85. The lowest BCUT2D eigenvalue weighted by molar-refractivity contribution is -0.136. The minimum absolute atomic E-state index is 0.124. The molecule has 2 aliphatic heterocycles. The van der Waals surface area contributed by atoms with E-state index in [9.17, 15) is 14.4 Å². The van der Waals surface area contributed by atoms with Crippen molar-refractivity contribution in [3.8, 4) is 0 Å². The van der Waals surface area contributed by atoms with Crippen LogP contribution in [0.3, 0.4) is 0 Å². The van der Waals surface area contributed by atoms with Gasteiger partial charge in [-0.2, -0.15) is 0 Å². The van der Waals surface area contributed by atoms with Gasteiger partial charge in [0, 0.05) is 62.2 Å². The Kier molecular flexibility index (Phi) is 7.05. The molecule has 2 heterocycles. The first-order valence-electron chi connectivity index (χ1n) is 11.4. The molecular formula is C25H31N5O3. The van der Waals surface area contributed by atoms with E-state index in [0.29, 0.717) is 24.3 Å². The van der Waals surface area contributed by atoms with Gasteiger partial charge in [-0.05, 0) is 50.2 Å². The lowest BCUT2D eigenvalue weighted by Crippen LogP contribution is -2.51. The monoisotopic (exact) mass is 449 g/mol. The van der Waals surface area contributed by atoms with Crippen molar-refractivity contribution < 1.29 is 14.4 Å². The molecule has 1 fully saturated rings. The number of anilines is 2. The Morgan fingerprint density at radius 1 is 0.939 bits per heavy atom. The number of para-hydroxylation sites is 1. The number of fused-ring (bicyclic) bond motifs is 1. The average Bonchev–Trinajstić information content (AvgIpc) is 3.24. The van der Waals surface area contributed by atoms with Crippen LogP contribution in [0.1, 0.15) is 22.8 Å². The number of nitrogens with one attached hydrogen (secondary N) is 2. The van der Waals surface area contributed by atoms with Crippen molar-refractivity contribution >= 4 is 29.1 Å². The van der Waals surface area contributed by atoms with Gasteiger partial charge in [-0.1, -0.05) is 24.3 Å². The number of nitrogens with zero attached hydrogens (tertiary/aromatic N) is 3. The SMILES string of the molecule is CC(CN1CCN(C)CC1)NC(=O)C(=O)Nc1cccc(C(=O)N2CCc3ccccc32)c1. The summed E-state index contributed by atoms with van der Waals surface area (Å²) in [6.07, 6.45) is 0.824. The fourth-order valence-corrected chi connectivity index (χ4v) is 4.38. The van der Waals surface area contributed by atoms with Gasteiger partial charge in [-0.25, -0.2) is 0 Å². The van der Waals surface area contributed by atoms with Gasteiger partial charge in [0.05, 0.1) is 0 Å². The number of hydrogen-bond acceptors (Lipinski definition) is 5. The number of carbonyl (C=O) groups is 3. The summed E-state index contributed by atoms with van der Waals surface area (Å²) >= 11 is 0. The summed E-state index contributed by atoms with van der Waals surface area (Å²) in [5.41, 5.74) is 2.96. The van der Waals surface area contributed by atoms with Crippen LogP contribution >= 0.6 is 0 Å². The molecule has 3 amide bonds. The fourth-order valence-electron chi connectivity index (χ4n) is 4.38. The fraction of sp³-hybridized carbons (Fsp3) is 0.400. The van der Waals surface area contributed by atoms with Crippen LogP contribution in [0.4, 0.5) is 11.4 Å².